The molecule has 0 N–H and O–H groups in total. The molecule has 0 radical (unpaired) electrons. The Labute approximate surface area is 88.6 Å². The summed E-state index contributed by atoms with van der Waals surface area (Å²) in [5.74, 6) is 6.54. The Hall–Kier alpha value is 0.0400. The molecule has 0 amide bonds. The lowest BCUT2D eigenvalue weighted by Crippen LogP contribution is -2.45. The fraction of sp³-hybridized carbons (Fsp3) is 0.833. The van der Waals surface area contributed by atoms with E-state index in [0.29, 0.717) is 5.41 Å². The highest BCUT2D eigenvalue weighted by Gasteiger charge is 2.50. The molecule has 0 saturated heterocycles. The zero-order chi connectivity index (χ0) is 8.89. The first kappa shape index (κ1) is 8.36. The molecule has 4 bridgehead atoms. The standard InChI is InChI=1S/C12H15Br/c13-2-1-12-6-9-3-10(7-12)5-11(4-9)8-12/h9-11H,3-8H2. The van der Waals surface area contributed by atoms with E-state index in [9.17, 15) is 0 Å². The molecule has 70 valence electrons. The first-order valence-corrected chi connectivity index (χ1v) is 6.22. The average molecular weight is 239 g/mol. The molecule has 0 aromatic carbocycles. The summed E-state index contributed by atoms with van der Waals surface area (Å²) in [7, 11) is 0. The van der Waals surface area contributed by atoms with E-state index < -0.39 is 0 Å². The topological polar surface area (TPSA) is 0 Å². The van der Waals surface area contributed by atoms with Gasteiger partial charge in [0.15, 0.2) is 0 Å². The van der Waals surface area contributed by atoms with Gasteiger partial charge in [-0.25, -0.2) is 0 Å². The third-order valence-corrected chi connectivity index (χ3v) is 4.55. The van der Waals surface area contributed by atoms with Gasteiger partial charge in [0.05, 0.1) is 0 Å². The first-order chi connectivity index (χ1) is 6.30. The maximum atomic E-state index is 3.46. The smallest absolute Gasteiger partial charge is 0.0331 e. The molecule has 0 nitrogen and oxygen atoms in total. The normalized spacial score (nSPS) is 51.6. The highest BCUT2D eigenvalue weighted by atomic mass is 79.9. The third-order valence-electron chi connectivity index (χ3n) is 4.35. The second kappa shape index (κ2) is 2.76. The maximum Gasteiger partial charge on any atom is 0.0331 e. The monoisotopic (exact) mass is 238 g/mol. The first-order valence-electron chi connectivity index (χ1n) is 5.42. The number of halogens is 1. The molecule has 0 spiro atoms. The van der Waals surface area contributed by atoms with Crippen LogP contribution in [0, 0.1) is 33.9 Å². The van der Waals surface area contributed by atoms with Crippen molar-refractivity contribution < 1.29 is 0 Å². The molecule has 0 unspecified atom stereocenters. The van der Waals surface area contributed by atoms with E-state index in [1.54, 1.807) is 0 Å². The van der Waals surface area contributed by atoms with Gasteiger partial charge in [-0.3, -0.25) is 0 Å². The van der Waals surface area contributed by atoms with E-state index in [2.05, 4.69) is 26.7 Å². The SMILES string of the molecule is BrC#CC12CC3CC(CC(C3)C1)C2. The number of rotatable bonds is 0. The molecule has 0 atom stereocenters. The van der Waals surface area contributed by atoms with Crippen molar-refractivity contribution in [2.24, 2.45) is 23.2 Å². The van der Waals surface area contributed by atoms with Crippen LogP contribution in [0.4, 0.5) is 0 Å². The summed E-state index contributed by atoms with van der Waals surface area (Å²) in [4.78, 5) is 2.99. The lowest BCUT2D eigenvalue weighted by Gasteiger charge is -2.54. The third kappa shape index (κ3) is 1.26. The fourth-order valence-corrected chi connectivity index (χ4v) is 4.78. The van der Waals surface area contributed by atoms with Gasteiger partial charge in [-0.15, -0.1) is 0 Å². The largest absolute Gasteiger partial charge is 0.0839 e. The van der Waals surface area contributed by atoms with Crippen LogP contribution in [0.1, 0.15) is 38.5 Å². The average Bonchev–Trinajstić information content (AvgIpc) is 2.00. The summed E-state index contributed by atoms with van der Waals surface area (Å²) in [5.41, 5.74) is 0.443. The van der Waals surface area contributed by atoms with Crippen molar-refractivity contribution in [3.05, 3.63) is 0 Å². The van der Waals surface area contributed by atoms with E-state index in [4.69, 9.17) is 0 Å². The van der Waals surface area contributed by atoms with Gasteiger partial charge in [0.1, 0.15) is 0 Å². The Morgan fingerprint density at radius 2 is 1.38 bits per heavy atom. The van der Waals surface area contributed by atoms with Gasteiger partial charge in [-0.2, -0.15) is 0 Å². The van der Waals surface area contributed by atoms with Crippen molar-refractivity contribution in [3.63, 3.8) is 0 Å². The van der Waals surface area contributed by atoms with Crippen LogP contribution in [0.2, 0.25) is 0 Å². The summed E-state index contributed by atoms with van der Waals surface area (Å²) >= 11 is 3.28. The quantitative estimate of drug-likeness (QED) is 0.567. The molecule has 0 aromatic rings. The van der Waals surface area contributed by atoms with E-state index >= 15 is 0 Å². The molecular weight excluding hydrogens is 224 g/mol. The summed E-state index contributed by atoms with van der Waals surface area (Å²) in [6.07, 6.45) is 8.75. The van der Waals surface area contributed by atoms with Gasteiger partial charge in [0.2, 0.25) is 0 Å². The molecule has 0 aliphatic heterocycles. The minimum atomic E-state index is 0.443. The van der Waals surface area contributed by atoms with E-state index in [1.807, 2.05) is 0 Å². The van der Waals surface area contributed by atoms with Crippen LogP contribution < -0.4 is 0 Å². The van der Waals surface area contributed by atoms with Crippen molar-refractivity contribution in [1.29, 1.82) is 0 Å². The molecule has 0 heterocycles. The molecule has 4 aliphatic rings. The van der Waals surface area contributed by atoms with Crippen molar-refractivity contribution in [3.8, 4) is 10.8 Å². The van der Waals surface area contributed by atoms with Gasteiger partial charge < -0.3 is 0 Å². The summed E-state index contributed by atoms with van der Waals surface area (Å²) in [6.45, 7) is 0. The fourth-order valence-electron chi connectivity index (χ4n) is 4.36. The van der Waals surface area contributed by atoms with E-state index in [-0.39, 0.29) is 0 Å². The predicted octanol–water partition coefficient (Wildman–Crippen LogP) is 3.56. The van der Waals surface area contributed by atoms with Gasteiger partial charge in [0.25, 0.3) is 0 Å². The summed E-state index contributed by atoms with van der Waals surface area (Å²) in [6, 6.07) is 0. The number of hydrogen-bond acceptors (Lipinski definition) is 0. The van der Waals surface area contributed by atoms with Crippen molar-refractivity contribution >= 4 is 15.9 Å². The lowest BCUT2D eigenvalue weighted by molar-refractivity contribution is -0.0180. The van der Waals surface area contributed by atoms with Crippen LogP contribution in [0.5, 0.6) is 0 Å². The Morgan fingerprint density at radius 3 is 1.77 bits per heavy atom. The Bertz CT molecular complexity index is 246. The van der Waals surface area contributed by atoms with Crippen molar-refractivity contribution in [2.75, 3.05) is 0 Å². The minimum absolute atomic E-state index is 0.443. The van der Waals surface area contributed by atoms with Crippen LogP contribution in [-0.2, 0) is 0 Å². The van der Waals surface area contributed by atoms with Crippen LogP contribution >= 0.6 is 15.9 Å². The molecule has 4 rings (SSSR count). The maximum absolute atomic E-state index is 3.46. The summed E-state index contributed by atoms with van der Waals surface area (Å²) in [5, 5.41) is 0. The Balaban J connectivity index is 1.94. The van der Waals surface area contributed by atoms with Crippen molar-refractivity contribution in [1.82, 2.24) is 0 Å². The molecular formula is C12H15Br. The number of hydrogen-bond donors (Lipinski definition) is 0. The Morgan fingerprint density at radius 1 is 0.923 bits per heavy atom. The molecule has 1 heteroatoms. The van der Waals surface area contributed by atoms with Gasteiger partial charge in [-0.05, 0) is 61.1 Å². The molecule has 4 saturated carbocycles. The highest BCUT2D eigenvalue weighted by Crippen LogP contribution is 2.59. The van der Waals surface area contributed by atoms with Gasteiger partial charge in [-0.1, -0.05) is 5.92 Å². The molecule has 4 aliphatic carbocycles. The molecule has 13 heavy (non-hydrogen) atoms. The lowest BCUT2D eigenvalue weighted by atomic mass is 9.50. The molecule has 4 fully saturated rings. The van der Waals surface area contributed by atoms with Gasteiger partial charge in [0, 0.05) is 21.3 Å². The van der Waals surface area contributed by atoms with Crippen LogP contribution in [0.3, 0.4) is 0 Å². The van der Waals surface area contributed by atoms with E-state index in [1.165, 1.54) is 38.5 Å². The van der Waals surface area contributed by atoms with Crippen molar-refractivity contribution in [2.45, 2.75) is 38.5 Å². The second-order valence-electron chi connectivity index (χ2n) is 5.42. The highest BCUT2D eigenvalue weighted by molar-refractivity contribution is 9.12. The second-order valence-corrected chi connectivity index (χ2v) is 5.81. The van der Waals surface area contributed by atoms with Crippen LogP contribution in [0.15, 0.2) is 0 Å². The van der Waals surface area contributed by atoms with E-state index in [0.717, 1.165) is 17.8 Å². The van der Waals surface area contributed by atoms with Gasteiger partial charge >= 0.3 is 0 Å². The molecule has 0 aromatic heterocycles. The van der Waals surface area contributed by atoms with Crippen LogP contribution in [0.25, 0.3) is 0 Å². The minimum Gasteiger partial charge on any atom is -0.0839 e. The Kier molecular flexibility index (Phi) is 1.78. The predicted molar refractivity (Wildman–Crippen MR) is 57.3 cm³/mol. The zero-order valence-corrected chi connectivity index (χ0v) is 9.44. The summed E-state index contributed by atoms with van der Waals surface area (Å²) < 4.78 is 0. The zero-order valence-electron chi connectivity index (χ0n) is 7.85. The van der Waals surface area contributed by atoms with Crippen LogP contribution in [-0.4, -0.2) is 0 Å².